The summed E-state index contributed by atoms with van der Waals surface area (Å²) in [5.41, 5.74) is 4.63. The number of anilines is 1. The molecule has 1 saturated heterocycles. The number of carbonyl (C=O) groups is 1. The lowest BCUT2D eigenvalue weighted by Gasteiger charge is -2.28. The summed E-state index contributed by atoms with van der Waals surface area (Å²) < 4.78 is 20.8. The first-order valence-electron chi connectivity index (χ1n) is 13.2. The number of aromatic nitrogens is 2. The molecular weight excluding hydrogens is 559 g/mol. The minimum absolute atomic E-state index is 0.0658. The van der Waals surface area contributed by atoms with Crippen molar-refractivity contribution >= 4 is 34.6 Å². The molecule has 2 aromatic heterocycles. The first-order chi connectivity index (χ1) is 20.2. The average Bonchev–Trinajstić information content (AvgIpc) is 3.47. The number of hydrogen-bond acceptors (Lipinski definition) is 6. The fourth-order valence-corrected chi connectivity index (χ4v) is 5.72. The van der Waals surface area contributed by atoms with E-state index < -0.39 is 4.92 Å². The van der Waals surface area contributed by atoms with Crippen LogP contribution in [0.1, 0.15) is 41.1 Å². The van der Waals surface area contributed by atoms with Crippen molar-refractivity contribution < 1.29 is 18.8 Å². The van der Waals surface area contributed by atoms with Gasteiger partial charge in [-0.2, -0.15) is 0 Å². The number of benzene rings is 2. The van der Waals surface area contributed by atoms with E-state index in [9.17, 15) is 19.3 Å². The van der Waals surface area contributed by atoms with E-state index in [0.717, 1.165) is 22.6 Å². The van der Waals surface area contributed by atoms with Gasteiger partial charge in [-0.05, 0) is 80.2 Å². The highest BCUT2D eigenvalue weighted by molar-refractivity contribution is 7.80. The van der Waals surface area contributed by atoms with Crippen LogP contribution < -0.4 is 15.4 Å². The summed E-state index contributed by atoms with van der Waals surface area (Å²) in [5, 5.41) is 18.1. The Kier molecular flexibility index (Phi) is 8.16. The van der Waals surface area contributed by atoms with Gasteiger partial charge in [-0.15, -0.1) is 0 Å². The highest BCUT2D eigenvalue weighted by atomic mass is 32.1. The Hall–Kier alpha value is -4.84. The third-order valence-electron chi connectivity index (χ3n) is 7.31. The Morgan fingerprint density at radius 2 is 1.93 bits per heavy atom. The van der Waals surface area contributed by atoms with Crippen LogP contribution in [0.15, 0.2) is 72.9 Å². The predicted octanol–water partition coefficient (Wildman–Crippen LogP) is 5.55. The fourth-order valence-electron chi connectivity index (χ4n) is 5.39. The van der Waals surface area contributed by atoms with E-state index in [1.165, 1.54) is 43.5 Å². The van der Waals surface area contributed by atoms with E-state index in [1.807, 2.05) is 41.5 Å². The van der Waals surface area contributed by atoms with Crippen LogP contribution >= 0.6 is 12.2 Å². The maximum absolute atomic E-state index is 13.3. The van der Waals surface area contributed by atoms with Crippen LogP contribution in [0.3, 0.4) is 0 Å². The van der Waals surface area contributed by atoms with Crippen LogP contribution in [-0.2, 0) is 4.79 Å². The number of aryl methyl sites for hydroxylation is 1. The number of nitrogens with zero attached hydrogens (tertiary/aromatic N) is 4. The maximum Gasteiger partial charge on any atom is 0.273 e. The van der Waals surface area contributed by atoms with E-state index in [4.69, 9.17) is 17.0 Å². The lowest BCUT2D eigenvalue weighted by atomic mass is 9.96. The Morgan fingerprint density at radius 1 is 1.17 bits per heavy atom. The molecule has 1 amide bonds. The first kappa shape index (κ1) is 28.7. The molecule has 0 bridgehead atoms. The molecule has 3 heterocycles. The highest BCUT2D eigenvalue weighted by Crippen LogP contribution is 2.42. The van der Waals surface area contributed by atoms with Crippen molar-refractivity contribution in [2.75, 3.05) is 19.0 Å². The lowest BCUT2D eigenvalue weighted by molar-refractivity contribution is -0.384. The van der Waals surface area contributed by atoms with Crippen LogP contribution in [0.4, 0.5) is 15.8 Å². The third kappa shape index (κ3) is 5.66. The Labute approximate surface area is 247 Å². The SMILES string of the molecule is COc1cc([N+](=O)[O-])ccc1-n1c(C)cc([C@H]2[C@@H](c3ccccn3)NC(=S)N2CCC(=O)Nc2ccc(F)cc2)c1C. The zero-order chi connectivity index (χ0) is 30.0. The van der Waals surface area contributed by atoms with Crippen LogP contribution in [0.25, 0.3) is 5.69 Å². The molecule has 0 aliphatic carbocycles. The molecule has 216 valence electrons. The number of pyridine rings is 1. The molecule has 5 rings (SSSR count). The molecule has 12 heteroatoms. The maximum atomic E-state index is 13.3. The number of thiocarbonyl (C=S) groups is 1. The van der Waals surface area contributed by atoms with Crippen molar-refractivity contribution in [1.82, 2.24) is 19.8 Å². The van der Waals surface area contributed by atoms with Gasteiger partial charge in [-0.25, -0.2) is 4.39 Å². The third-order valence-corrected chi connectivity index (χ3v) is 7.66. The van der Waals surface area contributed by atoms with Crippen molar-refractivity contribution in [3.8, 4) is 11.4 Å². The van der Waals surface area contributed by atoms with Gasteiger partial charge >= 0.3 is 0 Å². The van der Waals surface area contributed by atoms with Gasteiger partial charge in [0.15, 0.2) is 5.11 Å². The standard InChI is InChI=1S/C30H29FN6O4S/c1-18-16-23(19(2)36(18)25-12-11-22(37(39)40)17-26(25)41-3)29-28(24-6-4-5-14-32-24)34-30(42)35(29)15-13-27(38)33-21-9-7-20(31)8-10-21/h4-12,14,16-17,28-29H,13,15H2,1-3H3,(H,33,38)(H,34,42)/t28-,29+/m1/s1. The van der Waals surface area contributed by atoms with Crippen molar-refractivity contribution in [3.63, 3.8) is 0 Å². The van der Waals surface area contributed by atoms with E-state index >= 15 is 0 Å². The highest BCUT2D eigenvalue weighted by Gasteiger charge is 2.41. The van der Waals surface area contributed by atoms with Gasteiger partial charge in [0.1, 0.15) is 11.6 Å². The molecule has 2 N–H and O–H groups in total. The summed E-state index contributed by atoms with van der Waals surface area (Å²) >= 11 is 5.77. The second-order valence-electron chi connectivity index (χ2n) is 9.90. The second-order valence-corrected chi connectivity index (χ2v) is 10.3. The molecule has 2 aromatic carbocycles. The second kappa shape index (κ2) is 12.0. The van der Waals surface area contributed by atoms with Gasteiger partial charge in [0, 0.05) is 42.3 Å². The van der Waals surface area contributed by atoms with Gasteiger partial charge in [-0.1, -0.05) is 6.07 Å². The number of carbonyl (C=O) groups excluding carboxylic acids is 1. The number of halogens is 1. The predicted molar refractivity (Wildman–Crippen MR) is 160 cm³/mol. The van der Waals surface area contributed by atoms with Crippen molar-refractivity contribution in [1.29, 1.82) is 0 Å². The Bertz CT molecular complexity index is 1640. The smallest absolute Gasteiger partial charge is 0.273 e. The fraction of sp³-hybridized carbons (Fsp3) is 0.233. The van der Waals surface area contributed by atoms with Crippen molar-refractivity contribution in [2.24, 2.45) is 0 Å². The number of hydrogen-bond donors (Lipinski definition) is 2. The summed E-state index contributed by atoms with van der Waals surface area (Å²) in [5.74, 6) is -0.243. The van der Waals surface area contributed by atoms with E-state index in [2.05, 4.69) is 21.7 Å². The molecule has 0 radical (unpaired) electrons. The average molecular weight is 589 g/mol. The summed E-state index contributed by atoms with van der Waals surface area (Å²) in [7, 11) is 1.48. The molecule has 0 saturated carbocycles. The molecule has 0 spiro atoms. The zero-order valence-electron chi connectivity index (χ0n) is 23.2. The van der Waals surface area contributed by atoms with Gasteiger partial charge in [0.2, 0.25) is 5.91 Å². The van der Waals surface area contributed by atoms with Crippen LogP contribution in [0.5, 0.6) is 5.75 Å². The Morgan fingerprint density at radius 3 is 2.60 bits per heavy atom. The molecule has 0 unspecified atom stereocenters. The number of methoxy groups -OCH3 is 1. The quantitative estimate of drug-likeness (QED) is 0.149. The number of amides is 1. The monoisotopic (exact) mass is 588 g/mol. The van der Waals surface area contributed by atoms with Gasteiger partial charge in [0.25, 0.3) is 5.69 Å². The summed E-state index contributed by atoms with van der Waals surface area (Å²) in [4.78, 5) is 30.3. The number of rotatable bonds is 9. The molecule has 42 heavy (non-hydrogen) atoms. The van der Waals surface area contributed by atoms with Crippen LogP contribution in [0, 0.1) is 29.8 Å². The molecule has 1 aliphatic heterocycles. The first-order valence-corrected chi connectivity index (χ1v) is 13.6. The van der Waals surface area contributed by atoms with E-state index in [0.29, 0.717) is 28.8 Å². The normalized spacial score (nSPS) is 16.3. The van der Waals surface area contributed by atoms with E-state index in [1.54, 1.807) is 12.3 Å². The summed E-state index contributed by atoms with van der Waals surface area (Å²) in [6, 6.07) is 17.3. The number of nitro groups is 1. The number of ether oxygens (including phenoxy) is 1. The van der Waals surface area contributed by atoms with E-state index in [-0.39, 0.29) is 35.9 Å². The molecule has 2 atom stereocenters. The van der Waals surface area contributed by atoms with Crippen molar-refractivity contribution in [2.45, 2.75) is 32.4 Å². The van der Waals surface area contributed by atoms with Gasteiger partial charge in [-0.3, -0.25) is 19.9 Å². The number of nitrogens with one attached hydrogen (secondary N) is 2. The van der Waals surface area contributed by atoms with Crippen molar-refractivity contribution in [3.05, 3.63) is 112 Å². The largest absolute Gasteiger partial charge is 0.494 e. The van der Waals surface area contributed by atoms with Gasteiger partial charge in [0.05, 0.1) is 41.6 Å². The molecular formula is C30H29FN6O4S. The zero-order valence-corrected chi connectivity index (χ0v) is 24.0. The lowest BCUT2D eigenvalue weighted by Crippen LogP contribution is -2.32. The van der Waals surface area contributed by atoms with Crippen LogP contribution in [-0.4, -0.2) is 44.0 Å². The molecule has 1 aliphatic rings. The molecule has 10 nitrogen and oxygen atoms in total. The van der Waals surface area contributed by atoms with Crippen LogP contribution in [0.2, 0.25) is 0 Å². The topological polar surface area (TPSA) is 115 Å². The number of non-ortho nitro benzene ring substituents is 1. The summed E-state index contributed by atoms with van der Waals surface area (Å²) in [6.45, 7) is 4.24. The summed E-state index contributed by atoms with van der Waals surface area (Å²) in [6.07, 6.45) is 1.86. The van der Waals surface area contributed by atoms with Gasteiger partial charge < -0.3 is 24.8 Å². The molecule has 1 fully saturated rings. The number of nitro benzene ring substituents is 1. The minimum atomic E-state index is -0.459. The molecule has 4 aromatic rings. The Balaban J connectivity index is 1.50. The minimum Gasteiger partial charge on any atom is -0.494 e.